The quantitative estimate of drug-likeness (QED) is 0.633. The standard InChI is InChI=1S/C10H22N2/c1-2-3-7-11-10-12-8-5-4-6-9-12/h11H,2-10H2,1H3. The van der Waals surface area contributed by atoms with Gasteiger partial charge in [-0.15, -0.1) is 0 Å². The average Bonchev–Trinajstić information content (AvgIpc) is 2.14. The summed E-state index contributed by atoms with van der Waals surface area (Å²) in [4.78, 5) is 2.53. The summed E-state index contributed by atoms with van der Waals surface area (Å²) in [6, 6.07) is 0. The van der Waals surface area contributed by atoms with E-state index in [4.69, 9.17) is 0 Å². The number of hydrogen-bond donors (Lipinski definition) is 1. The first kappa shape index (κ1) is 10.0. The van der Waals surface area contributed by atoms with Crippen LogP contribution in [0.4, 0.5) is 0 Å². The zero-order valence-electron chi connectivity index (χ0n) is 8.31. The van der Waals surface area contributed by atoms with E-state index in [0.29, 0.717) is 0 Å². The van der Waals surface area contributed by atoms with Gasteiger partial charge in [0.1, 0.15) is 0 Å². The molecule has 0 spiro atoms. The Morgan fingerprint density at radius 1 is 1.17 bits per heavy atom. The maximum absolute atomic E-state index is 3.48. The number of likely N-dealkylation sites (tertiary alicyclic amines) is 1. The van der Waals surface area contributed by atoms with Gasteiger partial charge in [0.25, 0.3) is 0 Å². The molecule has 1 saturated heterocycles. The molecule has 0 atom stereocenters. The smallest absolute Gasteiger partial charge is 0.0480 e. The first-order valence-corrected chi connectivity index (χ1v) is 5.36. The Morgan fingerprint density at radius 3 is 2.58 bits per heavy atom. The van der Waals surface area contributed by atoms with E-state index in [0.717, 1.165) is 6.67 Å². The molecule has 1 fully saturated rings. The molecule has 1 rings (SSSR count). The Balaban J connectivity index is 1.91. The first-order valence-electron chi connectivity index (χ1n) is 5.36. The van der Waals surface area contributed by atoms with Crippen LogP contribution in [0.3, 0.4) is 0 Å². The van der Waals surface area contributed by atoms with Gasteiger partial charge in [-0.3, -0.25) is 4.90 Å². The fraction of sp³-hybridized carbons (Fsp3) is 1.00. The Labute approximate surface area is 76.3 Å². The number of unbranched alkanes of at least 4 members (excludes halogenated alkanes) is 1. The van der Waals surface area contributed by atoms with Crippen molar-refractivity contribution in [3.05, 3.63) is 0 Å². The van der Waals surface area contributed by atoms with Crippen LogP contribution in [0.15, 0.2) is 0 Å². The highest BCUT2D eigenvalue weighted by Crippen LogP contribution is 2.06. The molecule has 2 heteroatoms. The maximum Gasteiger partial charge on any atom is 0.0480 e. The molecule has 0 amide bonds. The molecule has 1 aliphatic heterocycles. The topological polar surface area (TPSA) is 15.3 Å². The molecule has 72 valence electrons. The van der Waals surface area contributed by atoms with Gasteiger partial charge in [-0.05, 0) is 38.9 Å². The predicted octanol–water partition coefficient (Wildman–Crippen LogP) is 1.82. The highest BCUT2D eigenvalue weighted by Gasteiger charge is 2.07. The fourth-order valence-electron chi connectivity index (χ4n) is 1.66. The zero-order valence-corrected chi connectivity index (χ0v) is 8.31. The molecule has 1 heterocycles. The van der Waals surface area contributed by atoms with Crippen LogP contribution in [0.2, 0.25) is 0 Å². The minimum atomic E-state index is 1.11. The summed E-state index contributed by atoms with van der Waals surface area (Å²) in [6.07, 6.45) is 6.84. The lowest BCUT2D eigenvalue weighted by atomic mass is 10.1. The highest BCUT2D eigenvalue weighted by molar-refractivity contribution is 4.63. The van der Waals surface area contributed by atoms with Gasteiger partial charge < -0.3 is 5.32 Å². The van der Waals surface area contributed by atoms with E-state index in [2.05, 4.69) is 17.1 Å². The number of nitrogens with zero attached hydrogens (tertiary/aromatic N) is 1. The molecule has 0 radical (unpaired) electrons. The van der Waals surface area contributed by atoms with Gasteiger partial charge >= 0.3 is 0 Å². The highest BCUT2D eigenvalue weighted by atomic mass is 15.2. The summed E-state index contributed by atoms with van der Waals surface area (Å²) < 4.78 is 0. The van der Waals surface area contributed by atoms with Crippen molar-refractivity contribution in [1.29, 1.82) is 0 Å². The van der Waals surface area contributed by atoms with Crippen LogP contribution in [0.5, 0.6) is 0 Å². The molecule has 0 bridgehead atoms. The zero-order chi connectivity index (χ0) is 8.65. The summed E-state index contributed by atoms with van der Waals surface area (Å²) in [5, 5.41) is 3.48. The number of hydrogen-bond acceptors (Lipinski definition) is 2. The lowest BCUT2D eigenvalue weighted by molar-refractivity contribution is 0.212. The molecule has 0 aromatic heterocycles. The van der Waals surface area contributed by atoms with E-state index in [1.165, 1.54) is 51.7 Å². The fourth-order valence-corrected chi connectivity index (χ4v) is 1.66. The van der Waals surface area contributed by atoms with E-state index >= 15 is 0 Å². The Bertz CT molecular complexity index is 98.0. The van der Waals surface area contributed by atoms with Crippen LogP contribution in [0, 0.1) is 0 Å². The van der Waals surface area contributed by atoms with Crippen LogP contribution >= 0.6 is 0 Å². The molecular formula is C10H22N2. The second-order valence-electron chi connectivity index (χ2n) is 3.69. The average molecular weight is 170 g/mol. The number of nitrogens with one attached hydrogen (secondary N) is 1. The van der Waals surface area contributed by atoms with Gasteiger partial charge in [-0.25, -0.2) is 0 Å². The lowest BCUT2D eigenvalue weighted by Gasteiger charge is -2.26. The molecule has 12 heavy (non-hydrogen) atoms. The molecular weight excluding hydrogens is 148 g/mol. The Kier molecular flexibility index (Phi) is 5.37. The van der Waals surface area contributed by atoms with Crippen LogP contribution in [0.1, 0.15) is 39.0 Å². The van der Waals surface area contributed by atoms with Crippen molar-refractivity contribution in [3.63, 3.8) is 0 Å². The summed E-state index contributed by atoms with van der Waals surface area (Å²) in [5.74, 6) is 0. The van der Waals surface area contributed by atoms with Crippen molar-refractivity contribution in [1.82, 2.24) is 10.2 Å². The minimum Gasteiger partial charge on any atom is -0.304 e. The van der Waals surface area contributed by atoms with Gasteiger partial charge in [0.15, 0.2) is 0 Å². The van der Waals surface area contributed by atoms with E-state index in [1.54, 1.807) is 0 Å². The van der Waals surface area contributed by atoms with Crippen LogP contribution in [0.25, 0.3) is 0 Å². The summed E-state index contributed by atoms with van der Waals surface area (Å²) in [6.45, 7) is 7.15. The Morgan fingerprint density at radius 2 is 1.92 bits per heavy atom. The molecule has 0 aromatic carbocycles. The molecule has 2 nitrogen and oxygen atoms in total. The lowest BCUT2D eigenvalue weighted by Crippen LogP contribution is -2.38. The van der Waals surface area contributed by atoms with Crippen LogP contribution in [-0.2, 0) is 0 Å². The molecule has 0 saturated carbocycles. The van der Waals surface area contributed by atoms with Crippen molar-refractivity contribution in [2.75, 3.05) is 26.3 Å². The van der Waals surface area contributed by atoms with Crippen molar-refractivity contribution in [2.24, 2.45) is 0 Å². The van der Waals surface area contributed by atoms with Crippen molar-refractivity contribution in [3.8, 4) is 0 Å². The van der Waals surface area contributed by atoms with Crippen molar-refractivity contribution >= 4 is 0 Å². The van der Waals surface area contributed by atoms with Crippen LogP contribution in [-0.4, -0.2) is 31.2 Å². The van der Waals surface area contributed by atoms with E-state index in [9.17, 15) is 0 Å². The monoisotopic (exact) mass is 170 g/mol. The van der Waals surface area contributed by atoms with Crippen LogP contribution < -0.4 is 5.32 Å². The SMILES string of the molecule is CCCCNCN1CCCCC1. The predicted molar refractivity (Wildman–Crippen MR) is 53.2 cm³/mol. The van der Waals surface area contributed by atoms with Gasteiger partial charge in [0, 0.05) is 6.67 Å². The second-order valence-corrected chi connectivity index (χ2v) is 3.69. The van der Waals surface area contributed by atoms with Gasteiger partial charge in [0.05, 0.1) is 0 Å². The largest absolute Gasteiger partial charge is 0.304 e. The second kappa shape index (κ2) is 6.44. The van der Waals surface area contributed by atoms with Gasteiger partial charge in [-0.2, -0.15) is 0 Å². The van der Waals surface area contributed by atoms with Crippen molar-refractivity contribution < 1.29 is 0 Å². The number of piperidine rings is 1. The summed E-state index contributed by atoms with van der Waals surface area (Å²) >= 11 is 0. The van der Waals surface area contributed by atoms with Crippen molar-refractivity contribution in [2.45, 2.75) is 39.0 Å². The third-order valence-corrected chi connectivity index (χ3v) is 2.49. The van der Waals surface area contributed by atoms with E-state index in [-0.39, 0.29) is 0 Å². The van der Waals surface area contributed by atoms with Gasteiger partial charge in [0.2, 0.25) is 0 Å². The summed E-state index contributed by atoms with van der Waals surface area (Å²) in [7, 11) is 0. The molecule has 1 aliphatic rings. The number of rotatable bonds is 5. The molecule has 0 unspecified atom stereocenters. The molecule has 0 aromatic rings. The molecule has 1 N–H and O–H groups in total. The van der Waals surface area contributed by atoms with Gasteiger partial charge in [-0.1, -0.05) is 19.8 Å². The van der Waals surface area contributed by atoms with E-state index < -0.39 is 0 Å². The maximum atomic E-state index is 3.48. The molecule has 0 aliphatic carbocycles. The Hall–Kier alpha value is -0.0800. The normalized spacial score (nSPS) is 19.8. The summed E-state index contributed by atoms with van der Waals surface area (Å²) in [5.41, 5.74) is 0. The van der Waals surface area contributed by atoms with E-state index in [1.807, 2.05) is 0 Å². The first-order chi connectivity index (χ1) is 5.93. The third kappa shape index (κ3) is 4.07. The minimum absolute atomic E-state index is 1.11. The third-order valence-electron chi connectivity index (χ3n) is 2.49.